The third kappa shape index (κ3) is 3.16. The van der Waals surface area contributed by atoms with Crippen molar-refractivity contribution in [2.24, 2.45) is 5.41 Å². The molecule has 2 unspecified atom stereocenters. The first kappa shape index (κ1) is 13.9. The highest BCUT2D eigenvalue weighted by molar-refractivity contribution is 4.92. The van der Waals surface area contributed by atoms with Crippen LogP contribution in [0.5, 0.6) is 0 Å². The number of hydrogen-bond donors (Lipinski definition) is 0. The van der Waals surface area contributed by atoms with E-state index in [0.717, 1.165) is 12.1 Å². The fraction of sp³-hybridized carbons (Fsp3) is 1.00. The van der Waals surface area contributed by atoms with Crippen molar-refractivity contribution in [2.75, 3.05) is 26.2 Å². The summed E-state index contributed by atoms with van der Waals surface area (Å²) in [6, 6.07) is 1.64. The summed E-state index contributed by atoms with van der Waals surface area (Å²) in [4.78, 5) is 5.60. The van der Waals surface area contributed by atoms with Crippen LogP contribution in [0.2, 0.25) is 0 Å². The van der Waals surface area contributed by atoms with Gasteiger partial charge in [0.25, 0.3) is 0 Å². The average Bonchev–Trinajstić information content (AvgIpc) is 2.40. The van der Waals surface area contributed by atoms with Crippen molar-refractivity contribution in [3.05, 3.63) is 0 Å². The number of rotatable bonds is 2. The molecule has 3 aliphatic rings. The summed E-state index contributed by atoms with van der Waals surface area (Å²) in [5, 5.41) is 0. The molecule has 2 heterocycles. The van der Waals surface area contributed by atoms with E-state index in [4.69, 9.17) is 0 Å². The molecule has 0 spiro atoms. The van der Waals surface area contributed by atoms with Crippen LogP contribution in [-0.2, 0) is 0 Å². The molecule has 2 atom stereocenters. The molecule has 1 aliphatic carbocycles. The lowest BCUT2D eigenvalue weighted by Crippen LogP contribution is -2.60. The SMILES string of the molecule is CC1CN2CCCCC2CN1CC1(C)CCCCC1. The van der Waals surface area contributed by atoms with Gasteiger partial charge in [0.1, 0.15) is 0 Å². The highest BCUT2D eigenvalue weighted by Gasteiger charge is 2.37. The van der Waals surface area contributed by atoms with E-state index in [-0.39, 0.29) is 0 Å². The smallest absolute Gasteiger partial charge is 0.0223 e. The molecule has 0 amide bonds. The molecular weight excluding hydrogens is 232 g/mol. The van der Waals surface area contributed by atoms with Gasteiger partial charge in [-0.15, -0.1) is 0 Å². The monoisotopic (exact) mass is 264 g/mol. The molecule has 3 rings (SSSR count). The van der Waals surface area contributed by atoms with Gasteiger partial charge in [-0.1, -0.05) is 32.6 Å². The highest BCUT2D eigenvalue weighted by Crippen LogP contribution is 2.37. The predicted molar refractivity (Wildman–Crippen MR) is 81.4 cm³/mol. The summed E-state index contributed by atoms with van der Waals surface area (Å²) in [5.74, 6) is 0. The Morgan fingerprint density at radius 3 is 2.58 bits per heavy atom. The second kappa shape index (κ2) is 5.73. The van der Waals surface area contributed by atoms with Gasteiger partial charge in [0.05, 0.1) is 0 Å². The zero-order valence-corrected chi connectivity index (χ0v) is 13.0. The fourth-order valence-electron chi connectivity index (χ4n) is 4.69. The number of fused-ring (bicyclic) bond motifs is 1. The normalized spacial score (nSPS) is 36.9. The number of piperidine rings is 1. The van der Waals surface area contributed by atoms with Gasteiger partial charge in [0.2, 0.25) is 0 Å². The lowest BCUT2D eigenvalue weighted by molar-refractivity contribution is -0.0109. The molecule has 19 heavy (non-hydrogen) atoms. The first-order chi connectivity index (χ1) is 9.16. The van der Waals surface area contributed by atoms with Crippen molar-refractivity contribution >= 4 is 0 Å². The van der Waals surface area contributed by atoms with Gasteiger partial charge in [0.15, 0.2) is 0 Å². The molecule has 2 saturated heterocycles. The molecule has 1 saturated carbocycles. The number of hydrogen-bond acceptors (Lipinski definition) is 2. The zero-order chi connectivity index (χ0) is 13.3. The fourth-order valence-corrected chi connectivity index (χ4v) is 4.69. The Labute approximate surface area is 119 Å². The maximum absolute atomic E-state index is 2.83. The Morgan fingerprint density at radius 1 is 1.00 bits per heavy atom. The van der Waals surface area contributed by atoms with Crippen LogP contribution >= 0.6 is 0 Å². The minimum absolute atomic E-state index is 0.614. The number of nitrogens with zero attached hydrogens (tertiary/aromatic N) is 2. The van der Waals surface area contributed by atoms with E-state index < -0.39 is 0 Å². The zero-order valence-electron chi connectivity index (χ0n) is 13.0. The minimum atomic E-state index is 0.614. The third-order valence-electron chi connectivity index (χ3n) is 5.96. The van der Waals surface area contributed by atoms with Crippen molar-refractivity contribution < 1.29 is 0 Å². The summed E-state index contributed by atoms with van der Waals surface area (Å²) in [7, 11) is 0. The Kier molecular flexibility index (Phi) is 4.19. The summed E-state index contributed by atoms with van der Waals surface area (Å²) >= 11 is 0. The standard InChI is InChI=1S/C17H32N2/c1-15-12-18-11-7-4-8-16(18)13-19(15)14-17(2)9-5-3-6-10-17/h15-16H,3-14H2,1-2H3. The van der Waals surface area contributed by atoms with Gasteiger partial charge in [-0.05, 0) is 44.6 Å². The van der Waals surface area contributed by atoms with Crippen LogP contribution in [0.25, 0.3) is 0 Å². The summed E-state index contributed by atoms with van der Waals surface area (Å²) in [6.07, 6.45) is 11.7. The summed E-state index contributed by atoms with van der Waals surface area (Å²) in [5.41, 5.74) is 0.614. The summed E-state index contributed by atoms with van der Waals surface area (Å²) < 4.78 is 0. The van der Waals surface area contributed by atoms with E-state index >= 15 is 0 Å². The van der Waals surface area contributed by atoms with Crippen LogP contribution in [0.1, 0.15) is 65.2 Å². The molecule has 0 aromatic carbocycles. The molecule has 0 aromatic heterocycles. The minimum Gasteiger partial charge on any atom is -0.298 e. The molecule has 110 valence electrons. The average molecular weight is 264 g/mol. The van der Waals surface area contributed by atoms with Gasteiger partial charge in [-0.3, -0.25) is 9.80 Å². The first-order valence-electron chi connectivity index (χ1n) is 8.64. The van der Waals surface area contributed by atoms with Gasteiger partial charge in [0, 0.05) is 31.7 Å². The van der Waals surface area contributed by atoms with Crippen LogP contribution in [0, 0.1) is 5.41 Å². The van der Waals surface area contributed by atoms with Crippen molar-refractivity contribution in [1.29, 1.82) is 0 Å². The molecular formula is C17H32N2. The molecule has 2 heteroatoms. The van der Waals surface area contributed by atoms with Gasteiger partial charge in [-0.2, -0.15) is 0 Å². The molecule has 2 aliphatic heterocycles. The molecule has 2 nitrogen and oxygen atoms in total. The van der Waals surface area contributed by atoms with E-state index in [1.54, 1.807) is 0 Å². The van der Waals surface area contributed by atoms with Crippen LogP contribution < -0.4 is 0 Å². The van der Waals surface area contributed by atoms with Gasteiger partial charge >= 0.3 is 0 Å². The van der Waals surface area contributed by atoms with E-state index in [1.807, 2.05) is 0 Å². The van der Waals surface area contributed by atoms with E-state index in [0.29, 0.717) is 5.41 Å². The van der Waals surface area contributed by atoms with E-state index in [1.165, 1.54) is 77.5 Å². The number of piperazine rings is 1. The quantitative estimate of drug-likeness (QED) is 0.753. The van der Waals surface area contributed by atoms with E-state index in [9.17, 15) is 0 Å². The Morgan fingerprint density at radius 2 is 1.79 bits per heavy atom. The second-order valence-corrected chi connectivity index (χ2v) is 7.79. The molecule has 0 bridgehead atoms. The van der Waals surface area contributed by atoms with Crippen LogP contribution in [0.4, 0.5) is 0 Å². The lowest BCUT2D eigenvalue weighted by Gasteiger charge is -2.50. The van der Waals surface area contributed by atoms with Gasteiger partial charge < -0.3 is 0 Å². The highest BCUT2D eigenvalue weighted by atomic mass is 15.3. The van der Waals surface area contributed by atoms with Crippen molar-refractivity contribution in [3.63, 3.8) is 0 Å². The second-order valence-electron chi connectivity index (χ2n) is 7.79. The third-order valence-corrected chi connectivity index (χ3v) is 5.96. The largest absolute Gasteiger partial charge is 0.298 e. The maximum Gasteiger partial charge on any atom is 0.0223 e. The van der Waals surface area contributed by atoms with Crippen LogP contribution in [0.15, 0.2) is 0 Å². The van der Waals surface area contributed by atoms with Crippen LogP contribution in [-0.4, -0.2) is 48.1 Å². The maximum atomic E-state index is 2.83. The Balaban J connectivity index is 1.60. The van der Waals surface area contributed by atoms with Crippen LogP contribution in [0.3, 0.4) is 0 Å². The first-order valence-corrected chi connectivity index (χ1v) is 8.64. The Hall–Kier alpha value is -0.0800. The Bertz CT molecular complexity index is 296. The molecule has 0 N–H and O–H groups in total. The molecule has 0 radical (unpaired) electrons. The van der Waals surface area contributed by atoms with Crippen molar-refractivity contribution in [2.45, 2.75) is 77.3 Å². The predicted octanol–water partition coefficient (Wildman–Crippen LogP) is 3.52. The van der Waals surface area contributed by atoms with Gasteiger partial charge in [-0.25, -0.2) is 0 Å². The lowest BCUT2D eigenvalue weighted by atomic mass is 9.75. The summed E-state index contributed by atoms with van der Waals surface area (Å²) in [6.45, 7) is 10.4. The van der Waals surface area contributed by atoms with Crippen molar-refractivity contribution in [1.82, 2.24) is 9.80 Å². The molecule has 3 fully saturated rings. The topological polar surface area (TPSA) is 6.48 Å². The molecule has 0 aromatic rings. The van der Waals surface area contributed by atoms with E-state index in [2.05, 4.69) is 23.6 Å². The van der Waals surface area contributed by atoms with Crippen molar-refractivity contribution in [3.8, 4) is 0 Å².